The van der Waals surface area contributed by atoms with Gasteiger partial charge in [0.25, 0.3) is 5.91 Å². The van der Waals surface area contributed by atoms with Crippen molar-refractivity contribution in [1.29, 1.82) is 0 Å². The minimum Gasteiger partial charge on any atom is -0.390 e. The Morgan fingerprint density at radius 2 is 1.74 bits per heavy atom. The normalized spacial score (nSPS) is 15.6. The van der Waals surface area contributed by atoms with Crippen molar-refractivity contribution in [3.63, 3.8) is 0 Å². The van der Waals surface area contributed by atoms with E-state index in [9.17, 15) is 26.7 Å². The van der Waals surface area contributed by atoms with Gasteiger partial charge in [-0.1, -0.05) is 41.6 Å². The molecule has 1 unspecified atom stereocenters. The highest BCUT2D eigenvalue weighted by molar-refractivity contribution is 6.01. The zero-order valence-corrected chi connectivity index (χ0v) is 17.7. The van der Waals surface area contributed by atoms with Crippen LogP contribution in [0.2, 0.25) is 0 Å². The van der Waals surface area contributed by atoms with Crippen molar-refractivity contribution >= 4 is 11.6 Å². The molecule has 1 amide bonds. The van der Waals surface area contributed by atoms with Crippen molar-refractivity contribution in [2.75, 3.05) is 6.54 Å². The lowest BCUT2D eigenvalue weighted by Crippen LogP contribution is -2.37. The van der Waals surface area contributed by atoms with Gasteiger partial charge in [0.1, 0.15) is 11.6 Å². The summed E-state index contributed by atoms with van der Waals surface area (Å²) in [6, 6.07) is 15.7. The van der Waals surface area contributed by atoms with E-state index < -0.39 is 35.4 Å². The highest BCUT2D eigenvalue weighted by atomic mass is 19.4. The molecule has 0 N–H and O–H groups in total. The lowest BCUT2D eigenvalue weighted by molar-refractivity contribution is -0.137. The minimum atomic E-state index is -4.54. The van der Waals surface area contributed by atoms with Crippen LogP contribution in [0.1, 0.15) is 33.5 Å². The van der Waals surface area contributed by atoms with Gasteiger partial charge in [0.15, 0.2) is 6.10 Å². The highest BCUT2D eigenvalue weighted by Crippen LogP contribution is 2.30. The van der Waals surface area contributed by atoms with Crippen molar-refractivity contribution in [1.82, 2.24) is 4.90 Å². The van der Waals surface area contributed by atoms with Crippen LogP contribution in [0.25, 0.3) is 0 Å². The molecular weight excluding hydrogens is 455 g/mol. The summed E-state index contributed by atoms with van der Waals surface area (Å²) in [6.07, 6.45) is -4.86. The van der Waals surface area contributed by atoms with Crippen molar-refractivity contribution in [2.45, 2.75) is 25.2 Å². The van der Waals surface area contributed by atoms with E-state index >= 15 is 0 Å². The fourth-order valence-electron chi connectivity index (χ4n) is 3.68. The molecule has 3 aromatic rings. The van der Waals surface area contributed by atoms with Gasteiger partial charge in [-0.25, -0.2) is 8.78 Å². The second-order valence-electron chi connectivity index (χ2n) is 7.84. The molecule has 0 aromatic heterocycles. The number of carbonyl (C=O) groups excluding carboxylic acids is 1. The summed E-state index contributed by atoms with van der Waals surface area (Å²) in [5.41, 5.74) is 0.378. The van der Waals surface area contributed by atoms with E-state index in [0.29, 0.717) is 11.3 Å². The van der Waals surface area contributed by atoms with Gasteiger partial charge < -0.3 is 9.74 Å². The van der Waals surface area contributed by atoms with Crippen LogP contribution in [0.3, 0.4) is 0 Å². The van der Waals surface area contributed by atoms with Crippen molar-refractivity contribution in [2.24, 2.45) is 5.16 Å². The van der Waals surface area contributed by atoms with Crippen LogP contribution in [0, 0.1) is 11.6 Å². The summed E-state index contributed by atoms with van der Waals surface area (Å²) in [5, 5.41) is 4.01. The van der Waals surface area contributed by atoms with Crippen LogP contribution in [0.15, 0.2) is 78.0 Å². The first-order valence-corrected chi connectivity index (χ1v) is 10.4. The fraction of sp³-hybridized carbons (Fsp3) is 0.200. The maximum absolute atomic E-state index is 14.3. The van der Waals surface area contributed by atoms with E-state index in [2.05, 4.69) is 5.16 Å². The molecule has 1 aliphatic heterocycles. The molecule has 3 aromatic carbocycles. The van der Waals surface area contributed by atoms with E-state index in [1.807, 2.05) is 0 Å². The van der Waals surface area contributed by atoms with Gasteiger partial charge in [-0.3, -0.25) is 4.79 Å². The van der Waals surface area contributed by atoms with E-state index in [1.54, 1.807) is 12.1 Å². The lowest BCUT2D eigenvalue weighted by Gasteiger charge is -2.25. The third-order valence-electron chi connectivity index (χ3n) is 5.35. The van der Waals surface area contributed by atoms with Crippen molar-refractivity contribution in [3.8, 4) is 0 Å². The van der Waals surface area contributed by atoms with Crippen LogP contribution in [-0.2, 0) is 17.6 Å². The maximum atomic E-state index is 14.3. The Morgan fingerprint density at radius 1 is 1.00 bits per heavy atom. The van der Waals surface area contributed by atoms with Crippen LogP contribution >= 0.6 is 0 Å². The third kappa shape index (κ3) is 5.41. The van der Waals surface area contributed by atoms with E-state index in [-0.39, 0.29) is 30.6 Å². The lowest BCUT2D eigenvalue weighted by atomic mass is 10.0. The van der Waals surface area contributed by atoms with Gasteiger partial charge >= 0.3 is 6.18 Å². The molecule has 1 heterocycles. The Morgan fingerprint density at radius 3 is 2.44 bits per heavy atom. The molecule has 0 fully saturated rings. The summed E-state index contributed by atoms with van der Waals surface area (Å²) in [6.45, 7) is -0.236. The first-order chi connectivity index (χ1) is 16.2. The number of hydrogen-bond acceptors (Lipinski definition) is 3. The summed E-state index contributed by atoms with van der Waals surface area (Å²) in [5.74, 6) is -1.82. The Balaban J connectivity index is 1.55. The van der Waals surface area contributed by atoms with E-state index in [4.69, 9.17) is 4.84 Å². The SMILES string of the molecule is O=C(c1ccccc1F)N(Cc1cccc(C(F)(F)F)c1)CC1CC(c2ccc(F)cc2)=NO1. The second kappa shape index (κ2) is 9.62. The van der Waals surface area contributed by atoms with Crippen LogP contribution in [-0.4, -0.2) is 29.2 Å². The molecule has 34 heavy (non-hydrogen) atoms. The standard InChI is InChI=1S/C25H19F5N2O2/c26-19-10-8-17(9-11-19)23-13-20(34-31-23)15-32(24(33)21-6-1-2-7-22(21)27)14-16-4-3-5-18(12-16)25(28,29)30/h1-12,20H,13-15H2. The number of benzene rings is 3. The van der Waals surface area contributed by atoms with Gasteiger partial charge in [-0.2, -0.15) is 13.2 Å². The Hall–Kier alpha value is -3.75. The first kappa shape index (κ1) is 23.4. The molecule has 176 valence electrons. The Bertz CT molecular complexity index is 1210. The summed E-state index contributed by atoms with van der Waals surface area (Å²) < 4.78 is 67.0. The second-order valence-corrected chi connectivity index (χ2v) is 7.84. The van der Waals surface area contributed by atoms with Gasteiger partial charge in [-0.05, 0) is 47.5 Å². The summed E-state index contributed by atoms with van der Waals surface area (Å²) in [7, 11) is 0. The van der Waals surface area contributed by atoms with E-state index in [1.165, 1.54) is 47.4 Å². The number of nitrogens with zero attached hydrogens (tertiary/aromatic N) is 2. The molecule has 0 bridgehead atoms. The fourth-order valence-corrected chi connectivity index (χ4v) is 3.68. The molecule has 1 aliphatic rings. The largest absolute Gasteiger partial charge is 0.416 e. The molecular formula is C25H19F5N2O2. The molecule has 0 spiro atoms. The topological polar surface area (TPSA) is 41.9 Å². The molecule has 4 rings (SSSR count). The number of oxime groups is 1. The molecule has 4 nitrogen and oxygen atoms in total. The van der Waals surface area contributed by atoms with Crippen LogP contribution < -0.4 is 0 Å². The van der Waals surface area contributed by atoms with Gasteiger partial charge in [0.2, 0.25) is 0 Å². The van der Waals surface area contributed by atoms with Crippen molar-refractivity contribution in [3.05, 3.63) is 107 Å². The number of carbonyl (C=O) groups is 1. The molecule has 0 radical (unpaired) electrons. The average molecular weight is 474 g/mol. The third-order valence-corrected chi connectivity index (χ3v) is 5.35. The minimum absolute atomic E-state index is 0.0440. The maximum Gasteiger partial charge on any atom is 0.416 e. The molecule has 0 aliphatic carbocycles. The summed E-state index contributed by atoms with van der Waals surface area (Å²) in [4.78, 5) is 19.8. The number of hydrogen-bond donors (Lipinski definition) is 0. The Kier molecular flexibility index (Phi) is 6.63. The quantitative estimate of drug-likeness (QED) is 0.423. The smallest absolute Gasteiger partial charge is 0.390 e. The zero-order valence-electron chi connectivity index (χ0n) is 17.7. The number of alkyl halides is 3. The predicted molar refractivity (Wildman–Crippen MR) is 115 cm³/mol. The predicted octanol–water partition coefficient (Wildman–Crippen LogP) is 5.82. The van der Waals surface area contributed by atoms with E-state index in [0.717, 1.165) is 18.2 Å². The summed E-state index contributed by atoms with van der Waals surface area (Å²) >= 11 is 0. The van der Waals surface area contributed by atoms with Gasteiger partial charge in [-0.15, -0.1) is 0 Å². The van der Waals surface area contributed by atoms with Crippen molar-refractivity contribution < 1.29 is 31.6 Å². The van der Waals surface area contributed by atoms with Gasteiger partial charge in [0.05, 0.1) is 23.4 Å². The van der Waals surface area contributed by atoms with Gasteiger partial charge in [0, 0.05) is 13.0 Å². The molecule has 0 saturated heterocycles. The zero-order chi connectivity index (χ0) is 24.3. The average Bonchev–Trinajstić information content (AvgIpc) is 3.27. The monoisotopic (exact) mass is 474 g/mol. The highest BCUT2D eigenvalue weighted by Gasteiger charge is 2.32. The molecule has 9 heteroatoms. The number of halogens is 5. The Labute approximate surface area is 192 Å². The number of amides is 1. The molecule has 1 atom stereocenters. The van der Waals surface area contributed by atoms with Crippen LogP contribution in [0.5, 0.6) is 0 Å². The first-order valence-electron chi connectivity index (χ1n) is 10.4. The van der Waals surface area contributed by atoms with Crippen LogP contribution in [0.4, 0.5) is 22.0 Å². The molecule has 0 saturated carbocycles. The number of rotatable bonds is 6.